The number of ketones is 1. The normalized spacial score (nSPS) is 23.8. The third kappa shape index (κ3) is 3.02. The van der Waals surface area contributed by atoms with Gasteiger partial charge in [-0.1, -0.05) is 30.3 Å². The van der Waals surface area contributed by atoms with Gasteiger partial charge in [0.2, 0.25) is 0 Å². The standard InChI is InChI=1S/C15H21NO2S/c1-15(11-19,13-10-16(2)8-9-18-13)14(17)12-6-4-3-5-7-12/h3-7,13,19H,8-11H2,1-2H3. The predicted molar refractivity (Wildman–Crippen MR) is 80.0 cm³/mol. The zero-order chi connectivity index (χ0) is 13.9. The largest absolute Gasteiger partial charge is 0.374 e. The SMILES string of the molecule is CN1CCOC(C(C)(CS)C(=O)c2ccccc2)C1. The molecule has 1 aromatic rings. The molecule has 1 aliphatic rings. The molecule has 104 valence electrons. The Balaban J connectivity index is 2.24. The lowest BCUT2D eigenvalue weighted by molar-refractivity contribution is -0.0656. The number of ether oxygens (including phenoxy) is 1. The van der Waals surface area contributed by atoms with Crippen molar-refractivity contribution in [1.29, 1.82) is 0 Å². The number of carbonyl (C=O) groups excluding carboxylic acids is 1. The number of Topliss-reactive ketones (excluding diaryl/α,β-unsaturated/α-hetero) is 1. The Hall–Kier alpha value is -0.840. The number of hydrogen-bond donors (Lipinski definition) is 1. The molecule has 0 N–H and O–H groups in total. The first-order valence-electron chi connectivity index (χ1n) is 6.59. The first-order chi connectivity index (χ1) is 9.08. The molecule has 0 amide bonds. The monoisotopic (exact) mass is 279 g/mol. The Morgan fingerprint density at radius 3 is 2.74 bits per heavy atom. The molecule has 2 unspecified atom stereocenters. The summed E-state index contributed by atoms with van der Waals surface area (Å²) < 4.78 is 5.84. The highest BCUT2D eigenvalue weighted by molar-refractivity contribution is 7.80. The minimum Gasteiger partial charge on any atom is -0.374 e. The van der Waals surface area contributed by atoms with E-state index in [4.69, 9.17) is 4.74 Å². The highest BCUT2D eigenvalue weighted by Crippen LogP contribution is 2.32. The molecule has 0 aliphatic carbocycles. The maximum absolute atomic E-state index is 12.8. The third-order valence-corrected chi connectivity index (χ3v) is 4.52. The summed E-state index contributed by atoms with van der Waals surface area (Å²) in [6, 6.07) is 9.41. The van der Waals surface area contributed by atoms with Crippen LogP contribution in [0, 0.1) is 5.41 Å². The lowest BCUT2D eigenvalue weighted by atomic mass is 9.78. The maximum Gasteiger partial charge on any atom is 0.172 e. The number of carbonyl (C=O) groups is 1. The summed E-state index contributed by atoms with van der Waals surface area (Å²) in [5.41, 5.74) is 0.148. The zero-order valence-electron chi connectivity index (χ0n) is 11.5. The molecule has 0 saturated carbocycles. The highest BCUT2D eigenvalue weighted by Gasteiger charge is 2.42. The summed E-state index contributed by atoms with van der Waals surface area (Å²) in [6.45, 7) is 4.32. The number of morpholine rings is 1. The fourth-order valence-electron chi connectivity index (χ4n) is 2.40. The van der Waals surface area contributed by atoms with Crippen molar-refractivity contribution < 1.29 is 9.53 Å². The molecule has 2 rings (SSSR count). The van der Waals surface area contributed by atoms with E-state index in [2.05, 4.69) is 24.6 Å². The summed E-state index contributed by atoms with van der Waals surface area (Å²) in [4.78, 5) is 15.0. The number of rotatable bonds is 4. The summed E-state index contributed by atoms with van der Waals surface area (Å²) >= 11 is 4.41. The molecule has 0 radical (unpaired) electrons. The number of nitrogens with zero attached hydrogens (tertiary/aromatic N) is 1. The topological polar surface area (TPSA) is 29.5 Å². The molecule has 1 heterocycles. The lowest BCUT2D eigenvalue weighted by Gasteiger charge is -2.40. The molecule has 3 nitrogen and oxygen atoms in total. The first kappa shape index (κ1) is 14.6. The molecular weight excluding hydrogens is 258 g/mol. The number of likely N-dealkylation sites (N-methyl/N-ethyl adjacent to an activating group) is 1. The predicted octanol–water partition coefficient (Wildman–Crippen LogP) is 2.14. The van der Waals surface area contributed by atoms with Crippen molar-refractivity contribution in [2.75, 3.05) is 32.5 Å². The zero-order valence-corrected chi connectivity index (χ0v) is 12.4. The van der Waals surface area contributed by atoms with Gasteiger partial charge in [0.1, 0.15) is 0 Å². The van der Waals surface area contributed by atoms with E-state index < -0.39 is 5.41 Å². The van der Waals surface area contributed by atoms with Crippen LogP contribution in [0.4, 0.5) is 0 Å². The van der Waals surface area contributed by atoms with Crippen LogP contribution in [-0.4, -0.2) is 49.3 Å². The minimum absolute atomic E-state index is 0.101. The van der Waals surface area contributed by atoms with Gasteiger partial charge in [0.25, 0.3) is 0 Å². The molecule has 1 saturated heterocycles. The van der Waals surface area contributed by atoms with Gasteiger partial charge < -0.3 is 9.64 Å². The minimum atomic E-state index is -0.584. The first-order valence-corrected chi connectivity index (χ1v) is 7.22. The Morgan fingerprint density at radius 1 is 1.47 bits per heavy atom. The van der Waals surface area contributed by atoms with Crippen molar-refractivity contribution in [1.82, 2.24) is 4.90 Å². The van der Waals surface area contributed by atoms with Gasteiger partial charge in [-0.3, -0.25) is 4.79 Å². The molecular formula is C15H21NO2S. The molecule has 0 aromatic heterocycles. The summed E-state index contributed by atoms with van der Waals surface area (Å²) in [6.07, 6.45) is -0.101. The van der Waals surface area contributed by atoms with Crippen LogP contribution in [0.2, 0.25) is 0 Å². The van der Waals surface area contributed by atoms with Gasteiger partial charge in [-0.15, -0.1) is 0 Å². The van der Waals surface area contributed by atoms with E-state index in [-0.39, 0.29) is 11.9 Å². The number of benzene rings is 1. The highest BCUT2D eigenvalue weighted by atomic mass is 32.1. The smallest absolute Gasteiger partial charge is 0.172 e. The van der Waals surface area contributed by atoms with E-state index in [1.54, 1.807) is 0 Å². The van der Waals surface area contributed by atoms with Crippen molar-refractivity contribution in [2.45, 2.75) is 13.0 Å². The molecule has 1 fully saturated rings. The van der Waals surface area contributed by atoms with E-state index in [1.807, 2.05) is 37.3 Å². The van der Waals surface area contributed by atoms with Gasteiger partial charge in [0.15, 0.2) is 5.78 Å². The second kappa shape index (κ2) is 6.07. The van der Waals surface area contributed by atoms with E-state index in [9.17, 15) is 4.79 Å². The lowest BCUT2D eigenvalue weighted by Crippen LogP contribution is -2.52. The second-order valence-corrected chi connectivity index (χ2v) is 5.71. The summed E-state index contributed by atoms with van der Waals surface area (Å²) in [5.74, 6) is 0.600. The third-order valence-electron chi connectivity index (χ3n) is 3.86. The number of thiol groups is 1. The summed E-state index contributed by atoms with van der Waals surface area (Å²) in [5, 5.41) is 0. The molecule has 19 heavy (non-hydrogen) atoms. The fraction of sp³-hybridized carbons (Fsp3) is 0.533. The van der Waals surface area contributed by atoms with Crippen LogP contribution in [0.1, 0.15) is 17.3 Å². The van der Waals surface area contributed by atoms with Crippen LogP contribution in [0.25, 0.3) is 0 Å². The van der Waals surface area contributed by atoms with Gasteiger partial charge in [-0.05, 0) is 14.0 Å². The van der Waals surface area contributed by atoms with Crippen molar-refractivity contribution in [3.63, 3.8) is 0 Å². The average molecular weight is 279 g/mol. The quantitative estimate of drug-likeness (QED) is 0.676. The van der Waals surface area contributed by atoms with Crippen LogP contribution in [0.5, 0.6) is 0 Å². The van der Waals surface area contributed by atoms with Crippen molar-refractivity contribution >= 4 is 18.4 Å². The molecule has 1 aliphatic heterocycles. The average Bonchev–Trinajstić information content (AvgIpc) is 2.46. The second-order valence-electron chi connectivity index (χ2n) is 5.39. The summed E-state index contributed by atoms with van der Waals surface area (Å²) in [7, 11) is 2.06. The van der Waals surface area contributed by atoms with E-state index in [0.717, 1.165) is 18.7 Å². The molecule has 2 atom stereocenters. The van der Waals surface area contributed by atoms with Crippen LogP contribution in [-0.2, 0) is 4.74 Å². The van der Waals surface area contributed by atoms with Gasteiger partial charge in [0, 0.05) is 24.4 Å². The maximum atomic E-state index is 12.8. The van der Waals surface area contributed by atoms with Crippen LogP contribution >= 0.6 is 12.6 Å². The van der Waals surface area contributed by atoms with Gasteiger partial charge in [-0.25, -0.2) is 0 Å². The van der Waals surface area contributed by atoms with Crippen molar-refractivity contribution in [3.8, 4) is 0 Å². The van der Waals surface area contributed by atoms with Crippen molar-refractivity contribution in [2.24, 2.45) is 5.41 Å². The van der Waals surface area contributed by atoms with Gasteiger partial charge >= 0.3 is 0 Å². The Bertz CT molecular complexity index is 437. The molecule has 0 spiro atoms. The Morgan fingerprint density at radius 2 is 2.16 bits per heavy atom. The van der Waals surface area contributed by atoms with Crippen molar-refractivity contribution in [3.05, 3.63) is 35.9 Å². The van der Waals surface area contributed by atoms with E-state index in [0.29, 0.717) is 12.4 Å². The Labute approximate surface area is 120 Å². The van der Waals surface area contributed by atoms with Crippen LogP contribution in [0.3, 0.4) is 0 Å². The molecule has 4 heteroatoms. The van der Waals surface area contributed by atoms with E-state index >= 15 is 0 Å². The van der Waals surface area contributed by atoms with Gasteiger partial charge in [-0.2, -0.15) is 12.6 Å². The Kier molecular flexibility index (Phi) is 4.66. The van der Waals surface area contributed by atoms with Crippen LogP contribution < -0.4 is 0 Å². The van der Waals surface area contributed by atoms with E-state index in [1.165, 1.54) is 0 Å². The molecule has 0 bridgehead atoms. The van der Waals surface area contributed by atoms with Crippen LogP contribution in [0.15, 0.2) is 30.3 Å². The number of hydrogen-bond acceptors (Lipinski definition) is 4. The fourth-order valence-corrected chi connectivity index (χ4v) is 2.75. The van der Waals surface area contributed by atoms with Gasteiger partial charge in [0.05, 0.1) is 18.1 Å². The molecule has 1 aromatic carbocycles.